The number of pyridine rings is 2. The van der Waals surface area contributed by atoms with Crippen molar-refractivity contribution in [3.8, 4) is 17.1 Å². The number of benzene rings is 1. The summed E-state index contributed by atoms with van der Waals surface area (Å²) < 4.78 is 42.4. The van der Waals surface area contributed by atoms with Crippen LogP contribution in [-0.2, 0) is 23.9 Å². The number of nitrogens with zero attached hydrogens (tertiary/aromatic N) is 8. The second kappa shape index (κ2) is 13.0. The zero-order valence-corrected chi connectivity index (χ0v) is 26.8. The number of rotatable bonds is 7. The summed E-state index contributed by atoms with van der Waals surface area (Å²) in [6.45, 7) is 5.75. The van der Waals surface area contributed by atoms with Gasteiger partial charge in [-0.3, -0.25) is 19.4 Å². The van der Waals surface area contributed by atoms with Gasteiger partial charge in [-0.2, -0.15) is 22.7 Å². The van der Waals surface area contributed by atoms with Crippen LogP contribution in [0.15, 0.2) is 59.7 Å². The predicted octanol–water partition coefficient (Wildman–Crippen LogP) is 3.85. The lowest BCUT2D eigenvalue weighted by atomic mass is 10.1. The Labute approximate surface area is 277 Å². The molecule has 0 radical (unpaired) electrons. The number of anilines is 2. The number of aryl methyl sites for hydroxylation is 2. The molecule has 0 aliphatic carbocycles. The molecule has 254 valence electrons. The number of amides is 2. The summed E-state index contributed by atoms with van der Waals surface area (Å²) >= 11 is 0. The molecule has 0 bridgehead atoms. The fraction of sp³-hybridized carbons (Fsp3) is 0.303. The minimum absolute atomic E-state index is 0.0657. The molecule has 16 heteroatoms. The summed E-state index contributed by atoms with van der Waals surface area (Å²) in [5.41, 5.74) is 1.16. The normalized spacial score (nSPS) is 13.6. The summed E-state index contributed by atoms with van der Waals surface area (Å²) in [5, 5.41) is 17.3. The Morgan fingerprint density at radius 2 is 1.78 bits per heavy atom. The number of carbonyl (C=O) groups is 2. The van der Waals surface area contributed by atoms with E-state index < -0.39 is 29.1 Å². The molecule has 2 amide bonds. The van der Waals surface area contributed by atoms with Crippen molar-refractivity contribution in [2.75, 3.05) is 36.4 Å². The molecule has 5 heterocycles. The van der Waals surface area contributed by atoms with E-state index in [2.05, 4.69) is 25.4 Å². The standard InChI is InChI=1S/C33H32F3N9O4/c1-4-24-28(42-12-14-43(15-13-42)30(48)27-25(46)6-5-11-37-27)31(49)45-32(40-29(41-45)21-8-7-20(3)38-17-21)44(24)18-26(47)39-23-10-9-22(16-19(23)2)33(34,35)36/h5-11,16-17,46H,4,12-15,18H2,1-3H3,(H,39,47). The van der Waals surface area contributed by atoms with Gasteiger partial charge in [0.15, 0.2) is 11.5 Å². The predicted molar refractivity (Wildman–Crippen MR) is 173 cm³/mol. The van der Waals surface area contributed by atoms with E-state index in [0.717, 1.165) is 22.3 Å². The van der Waals surface area contributed by atoms with Crippen molar-refractivity contribution in [1.29, 1.82) is 0 Å². The molecule has 0 spiro atoms. The average molecular weight is 676 g/mol. The molecule has 49 heavy (non-hydrogen) atoms. The van der Waals surface area contributed by atoms with Crippen molar-refractivity contribution in [2.45, 2.75) is 39.9 Å². The van der Waals surface area contributed by atoms with E-state index in [4.69, 9.17) is 0 Å². The van der Waals surface area contributed by atoms with Crippen molar-refractivity contribution in [2.24, 2.45) is 0 Å². The average Bonchev–Trinajstić information content (AvgIpc) is 3.53. The molecule has 0 saturated carbocycles. The van der Waals surface area contributed by atoms with Crippen LogP contribution in [0.5, 0.6) is 5.75 Å². The van der Waals surface area contributed by atoms with Gasteiger partial charge in [0.1, 0.15) is 18.0 Å². The fourth-order valence-electron chi connectivity index (χ4n) is 5.81. The number of hydrogen-bond donors (Lipinski definition) is 2. The maximum Gasteiger partial charge on any atom is 0.416 e. The van der Waals surface area contributed by atoms with Crippen LogP contribution in [0.3, 0.4) is 0 Å². The number of halogens is 3. The van der Waals surface area contributed by atoms with E-state index in [-0.39, 0.29) is 72.7 Å². The summed E-state index contributed by atoms with van der Waals surface area (Å²) in [5.74, 6) is -0.917. The first-order valence-electron chi connectivity index (χ1n) is 15.5. The van der Waals surface area contributed by atoms with Gasteiger partial charge in [0.2, 0.25) is 11.7 Å². The smallest absolute Gasteiger partial charge is 0.416 e. The van der Waals surface area contributed by atoms with Crippen molar-refractivity contribution in [3.63, 3.8) is 0 Å². The highest BCUT2D eigenvalue weighted by molar-refractivity contribution is 5.95. The maximum absolute atomic E-state index is 14.1. The Kier molecular flexibility index (Phi) is 8.79. The first-order valence-corrected chi connectivity index (χ1v) is 15.5. The molecule has 6 rings (SSSR count). The second-order valence-electron chi connectivity index (χ2n) is 11.6. The van der Waals surface area contributed by atoms with Gasteiger partial charge in [-0.05, 0) is 68.3 Å². The zero-order valence-electron chi connectivity index (χ0n) is 26.8. The molecule has 1 aliphatic heterocycles. The number of aromatic hydroxyl groups is 1. The van der Waals surface area contributed by atoms with Crippen LogP contribution in [0.1, 0.15) is 39.9 Å². The monoisotopic (exact) mass is 675 g/mol. The molecule has 5 aromatic rings. The summed E-state index contributed by atoms with van der Waals surface area (Å²) in [4.78, 5) is 57.1. The SMILES string of the molecule is CCc1c(N2CCN(C(=O)c3ncccc3O)CC2)c(=O)n2nc(-c3ccc(C)nc3)nc2n1CC(=O)Nc1ccc(C(F)(F)F)cc1C. The number of hydrogen-bond acceptors (Lipinski definition) is 9. The van der Waals surface area contributed by atoms with Crippen molar-refractivity contribution in [3.05, 3.63) is 93.4 Å². The zero-order chi connectivity index (χ0) is 35.0. The molecular formula is C33H32F3N9O4. The summed E-state index contributed by atoms with van der Waals surface area (Å²) in [6, 6.07) is 9.51. The topological polar surface area (TPSA) is 151 Å². The van der Waals surface area contributed by atoms with Gasteiger partial charge < -0.3 is 24.8 Å². The summed E-state index contributed by atoms with van der Waals surface area (Å²) in [7, 11) is 0. The van der Waals surface area contributed by atoms with E-state index in [1.165, 1.54) is 31.3 Å². The quantitative estimate of drug-likeness (QED) is 0.262. The molecule has 1 aliphatic rings. The lowest BCUT2D eigenvalue weighted by Crippen LogP contribution is -2.51. The van der Waals surface area contributed by atoms with Gasteiger partial charge >= 0.3 is 6.18 Å². The van der Waals surface area contributed by atoms with E-state index in [0.29, 0.717) is 17.7 Å². The van der Waals surface area contributed by atoms with E-state index >= 15 is 0 Å². The van der Waals surface area contributed by atoms with E-state index in [1.807, 2.05) is 18.7 Å². The van der Waals surface area contributed by atoms with Gasteiger partial charge in [-0.15, -0.1) is 5.10 Å². The Bertz CT molecular complexity index is 2120. The first kappa shape index (κ1) is 33.1. The number of alkyl halides is 3. The summed E-state index contributed by atoms with van der Waals surface area (Å²) in [6.07, 6.45) is -1.22. The molecule has 4 aromatic heterocycles. The van der Waals surface area contributed by atoms with Crippen LogP contribution >= 0.6 is 0 Å². The van der Waals surface area contributed by atoms with Gasteiger partial charge in [-0.25, -0.2) is 4.98 Å². The Morgan fingerprint density at radius 3 is 2.41 bits per heavy atom. The first-order chi connectivity index (χ1) is 23.3. The third-order valence-corrected chi connectivity index (χ3v) is 8.33. The van der Waals surface area contributed by atoms with Gasteiger partial charge in [-0.1, -0.05) is 6.92 Å². The molecule has 1 saturated heterocycles. The number of aromatic nitrogens is 6. The molecule has 13 nitrogen and oxygen atoms in total. The highest BCUT2D eigenvalue weighted by Gasteiger charge is 2.32. The van der Waals surface area contributed by atoms with Crippen molar-refractivity contribution < 1.29 is 27.9 Å². The molecular weight excluding hydrogens is 643 g/mol. The van der Waals surface area contributed by atoms with Gasteiger partial charge in [0.25, 0.3) is 11.5 Å². The number of piperazine rings is 1. The minimum atomic E-state index is -4.53. The van der Waals surface area contributed by atoms with Crippen LogP contribution in [0.4, 0.5) is 24.5 Å². The molecule has 0 unspecified atom stereocenters. The van der Waals surface area contributed by atoms with E-state index in [9.17, 15) is 32.7 Å². The second-order valence-corrected chi connectivity index (χ2v) is 11.6. The highest BCUT2D eigenvalue weighted by Crippen LogP contribution is 2.32. The van der Waals surface area contributed by atoms with Crippen LogP contribution in [0.25, 0.3) is 17.2 Å². The van der Waals surface area contributed by atoms with Crippen LogP contribution < -0.4 is 15.8 Å². The lowest BCUT2D eigenvalue weighted by Gasteiger charge is -2.36. The van der Waals surface area contributed by atoms with Crippen molar-refractivity contribution >= 4 is 29.0 Å². The van der Waals surface area contributed by atoms with Gasteiger partial charge in [0, 0.05) is 55.5 Å². The third-order valence-electron chi connectivity index (χ3n) is 8.33. The third kappa shape index (κ3) is 6.53. The molecule has 1 fully saturated rings. The Hall–Kier alpha value is -5.80. The van der Waals surface area contributed by atoms with Crippen LogP contribution in [-0.4, -0.2) is 77.1 Å². The van der Waals surface area contributed by atoms with E-state index in [1.54, 1.807) is 27.8 Å². The molecule has 0 atom stereocenters. The number of fused-ring (bicyclic) bond motifs is 1. The Balaban J connectivity index is 1.37. The molecule has 2 N–H and O–H groups in total. The lowest BCUT2D eigenvalue weighted by molar-refractivity contribution is -0.137. The molecule has 1 aromatic carbocycles. The van der Waals surface area contributed by atoms with Gasteiger partial charge in [0.05, 0.1) is 11.3 Å². The number of nitrogens with one attached hydrogen (secondary N) is 1. The highest BCUT2D eigenvalue weighted by atomic mass is 19.4. The fourth-order valence-corrected chi connectivity index (χ4v) is 5.81. The number of carbonyl (C=O) groups excluding carboxylic acids is 2. The minimum Gasteiger partial charge on any atom is -0.505 e. The maximum atomic E-state index is 14.1. The van der Waals surface area contributed by atoms with Crippen LogP contribution in [0, 0.1) is 13.8 Å². The van der Waals surface area contributed by atoms with Crippen molar-refractivity contribution in [1.82, 2.24) is 34.0 Å². The Morgan fingerprint density at radius 1 is 1.02 bits per heavy atom. The largest absolute Gasteiger partial charge is 0.505 e. The van der Waals surface area contributed by atoms with Crippen LogP contribution in [0.2, 0.25) is 0 Å².